The zero-order valence-electron chi connectivity index (χ0n) is 15.7. The molecule has 1 N–H and O–H groups in total. The lowest BCUT2D eigenvalue weighted by Crippen LogP contribution is -2.44. The molecule has 9 heteroatoms. The highest BCUT2D eigenvalue weighted by Gasteiger charge is 2.25. The van der Waals surface area contributed by atoms with Crippen LogP contribution >= 0.6 is 11.6 Å². The van der Waals surface area contributed by atoms with Crippen LogP contribution in [-0.2, 0) is 4.74 Å². The molecule has 29 heavy (non-hydrogen) atoms. The Morgan fingerprint density at radius 3 is 2.83 bits per heavy atom. The number of benzene rings is 1. The Morgan fingerprint density at radius 1 is 1.24 bits per heavy atom. The van der Waals surface area contributed by atoms with Crippen molar-refractivity contribution in [2.75, 3.05) is 32.8 Å². The number of ether oxygens (including phenoxy) is 1. The van der Waals surface area contributed by atoms with Crippen LogP contribution in [0, 0.1) is 0 Å². The van der Waals surface area contributed by atoms with Crippen molar-refractivity contribution in [2.45, 2.75) is 6.04 Å². The number of carbonyl (C=O) groups excluding carboxylic acids is 1. The molecule has 1 aromatic carbocycles. The maximum absolute atomic E-state index is 12.8. The molecule has 0 radical (unpaired) electrons. The summed E-state index contributed by atoms with van der Waals surface area (Å²) >= 11 is 6.45. The van der Waals surface area contributed by atoms with E-state index < -0.39 is 0 Å². The minimum Gasteiger partial charge on any atom is -0.379 e. The van der Waals surface area contributed by atoms with Crippen molar-refractivity contribution in [1.82, 2.24) is 30.0 Å². The van der Waals surface area contributed by atoms with Crippen LogP contribution in [0.5, 0.6) is 0 Å². The topological polar surface area (TPSA) is 85.2 Å². The SMILES string of the molecule is O=C(NCC(c1ccccc1Cl)N1CCOCC1)c1ccnc(-n2cncn2)c1. The Bertz CT molecular complexity index is 959. The Balaban J connectivity index is 1.50. The number of pyridine rings is 1. The van der Waals surface area contributed by atoms with Gasteiger partial charge in [-0.05, 0) is 23.8 Å². The van der Waals surface area contributed by atoms with E-state index in [9.17, 15) is 4.79 Å². The van der Waals surface area contributed by atoms with Crippen molar-refractivity contribution in [2.24, 2.45) is 0 Å². The lowest BCUT2D eigenvalue weighted by molar-refractivity contribution is 0.0162. The molecule has 0 bridgehead atoms. The maximum atomic E-state index is 12.8. The van der Waals surface area contributed by atoms with E-state index >= 15 is 0 Å². The molecular weight excluding hydrogens is 392 g/mol. The summed E-state index contributed by atoms with van der Waals surface area (Å²) < 4.78 is 6.99. The van der Waals surface area contributed by atoms with Gasteiger partial charge in [0, 0.05) is 36.4 Å². The molecule has 1 aliphatic rings. The number of hydrogen-bond acceptors (Lipinski definition) is 6. The van der Waals surface area contributed by atoms with Crippen LogP contribution in [0.1, 0.15) is 22.0 Å². The molecule has 1 amide bonds. The number of amides is 1. The fourth-order valence-electron chi connectivity index (χ4n) is 3.37. The maximum Gasteiger partial charge on any atom is 0.251 e. The molecule has 1 fully saturated rings. The van der Waals surface area contributed by atoms with Gasteiger partial charge in [-0.1, -0.05) is 29.8 Å². The van der Waals surface area contributed by atoms with Gasteiger partial charge in [-0.25, -0.2) is 14.6 Å². The molecule has 3 aromatic rings. The Labute approximate surface area is 173 Å². The standard InChI is InChI=1S/C20H21ClN6O2/c21-17-4-2-1-3-16(17)18(26-7-9-29-10-8-26)12-24-20(28)15-5-6-23-19(11-15)27-14-22-13-25-27/h1-6,11,13-14,18H,7-10,12H2,(H,24,28). The first-order valence-electron chi connectivity index (χ1n) is 9.38. The summed E-state index contributed by atoms with van der Waals surface area (Å²) in [6.45, 7) is 3.35. The van der Waals surface area contributed by atoms with Crippen molar-refractivity contribution < 1.29 is 9.53 Å². The van der Waals surface area contributed by atoms with E-state index in [4.69, 9.17) is 16.3 Å². The molecular formula is C20H21ClN6O2. The highest BCUT2D eigenvalue weighted by Crippen LogP contribution is 2.27. The number of carbonyl (C=O) groups is 1. The number of halogens is 1. The number of morpholine rings is 1. The summed E-state index contributed by atoms with van der Waals surface area (Å²) in [7, 11) is 0. The molecule has 8 nitrogen and oxygen atoms in total. The van der Waals surface area contributed by atoms with Crippen molar-refractivity contribution >= 4 is 17.5 Å². The quantitative estimate of drug-likeness (QED) is 0.667. The van der Waals surface area contributed by atoms with Gasteiger partial charge in [-0.15, -0.1) is 0 Å². The van der Waals surface area contributed by atoms with Gasteiger partial charge < -0.3 is 10.1 Å². The average Bonchev–Trinajstić information content (AvgIpc) is 3.31. The Kier molecular flexibility index (Phi) is 6.14. The summed E-state index contributed by atoms with van der Waals surface area (Å²) in [5.41, 5.74) is 1.50. The van der Waals surface area contributed by atoms with Gasteiger partial charge in [-0.3, -0.25) is 9.69 Å². The lowest BCUT2D eigenvalue weighted by atomic mass is 10.0. The highest BCUT2D eigenvalue weighted by molar-refractivity contribution is 6.31. The average molecular weight is 413 g/mol. The third kappa shape index (κ3) is 4.61. The van der Waals surface area contributed by atoms with Gasteiger partial charge in [0.1, 0.15) is 12.7 Å². The van der Waals surface area contributed by atoms with E-state index in [2.05, 4.69) is 25.3 Å². The van der Waals surface area contributed by atoms with Crippen molar-refractivity contribution in [3.05, 3.63) is 71.4 Å². The van der Waals surface area contributed by atoms with Crippen LogP contribution in [0.25, 0.3) is 5.82 Å². The van der Waals surface area contributed by atoms with Crippen molar-refractivity contribution in [1.29, 1.82) is 0 Å². The molecule has 1 saturated heterocycles. The van der Waals surface area contributed by atoms with Crippen LogP contribution < -0.4 is 5.32 Å². The number of hydrogen-bond donors (Lipinski definition) is 1. The number of nitrogens with one attached hydrogen (secondary N) is 1. The molecule has 3 heterocycles. The molecule has 0 spiro atoms. The lowest BCUT2D eigenvalue weighted by Gasteiger charge is -2.35. The van der Waals surface area contributed by atoms with E-state index in [1.54, 1.807) is 18.3 Å². The molecule has 1 aliphatic heterocycles. The summed E-state index contributed by atoms with van der Waals surface area (Å²) in [5, 5.41) is 7.78. The van der Waals surface area contributed by atoms with Crippen LogP contribution in [0.2, 0.25) is 5.02 Å². The third-order valence-electron chi connectivity index (χ3n) is 4.87. The largest absolute Gasteiger partial charge is 0.379 e. The van der Waals surface area contributed by atoms with Gasteiger partial charge in [0.15, 0.2) is 5.82 Å². The predicted molar refractivity (Wildman–Crippen MR) is 108 cm³/mol. The van der Waals surface area contributed by atoms with Crippen LogP contribution in [-0.4, -0.2) is 63.4 Å². The molecule has 0 aliphatic carbocycles. The minimum atomic E-state index is -0.181. The number of nitrogens with zero attached hydrogens (tertiary/aromatic N) is 5. The first kappa shape index (κ1) is 19.5. The second kappa shape index (κ2) is 9.13. The Morgan fingerprint density at radius 2 is 2.07 bits per heavy atom. The van der Waals surface area contributed by atoms with E-state index in [-0.39, 0.29) is 11.9 Å². The van der Waals surface area contributed by atoms with E-state index in [1.807, 2.05) is 24.3 Å². The molecule has 150 valence electrons. The minimum absolute atomic E-state index is 0.0341. The number of rotatable bonds is 6. The summed E-state index contributed by atoms with van der Waals surface area (Å²) in [6.07, 6.45) is 4.54. The van der Waals surface area contributed by atoms with Crippen LogP contribution in [0.3, 0.4) is 0 Å². The molecule has 1 atom stereocenters. The molecule has 4 rings (SSSR count). The summed E-state index contributed by atoms with van der Waals surface area (Å²) in [4.78, 5) is 23.2. The molecule has 2 aromatic heterocycles. The van der Waals surface area contributed by atoms with Crippen molar-refractivity contribution in [3.8, 4) is 5.82 Å². The first-order chi connectivity index (χ1) is 14.2. The first-order valence-corrected chi connectivity index (χ1v) is 9.75. The van der Waals surface area contributed by atoms with Gasteiger partial charge in [-0.2, -0.15) is 5.10 Å². The zero-order chi connectivity index (χ0) is 20.1. The zero-order valence-corrected chi connectivity index (χ0v) is 16.5. The number of aromatic nitrogens is 4. The predicted octanol–water partition coefficient (Wildman–Crippen LogP) is 2.12. The fourth-order valence-corrected chi connectivity index (χ4v) is 3.63. The van der Waals surface area contributed by atoms with Crippen molar-refractivity contribution in [3.63, 3.8) is 0 Å². The summed E-state index contributed by atoms with van der Waals surface area (Å²) in [6, 6.07) is 11.1. The van der Waals surface area contributed by atoms with Gasteiger partial charge in [0.25, 0.3) is 5.91 Å². The molecule has 0 saturated carbocycles. The van der Waals surface area contributed by atoms with Gasteiger partial charge >= 0.3 is 0 Å². The summed E-state index contributed by atoms with van der Waals surface area (Å²) in [5.74, 6) is 0.352. The highest BCUT2D eigenvalue weighted by atomic mass is 35.5. The van der Waals surface area contributed by atoms with E-state index in [0.29, 0.717) is 36.2 Å². The molecule has 1 unspecified atom stereocenters. The normalized spacial score (nSPS) is 15.8. The fraction of sp³-hybridized carbons (Fsp3) is 0.300. The van der Waals surface area contributed by atoms with E-state index in [1.165, 1.54) is 17.3 Å². The second-order valence-corrected chi connectivity index (χ2v) is 7.05. The second-order valence-electron chi connectivity index (χ2n) is 6.64. The monoisotopic (exact) mass is 412 g/mol. The van der Waals surface area contributed by atoms with Crippen LogP contribution in [0.4, 0.5) is 0 Å². The smallest absolute Gasteiger partial charge is 0.251 e. The Hall–Kier alpha value is -2.81. The van der Waals surface area contributed by atoms with Crippen LogP contribution in [0.15, 0.2) is 55.2 Å². The van der Waals surface area contributed by atoms with Gasteiger partial charge in [0.05, 0.1) is 19.3 Å². The third-order valence-corrected chi connectivity index (χ3v) is 5.21. The van der Waals surface area contributed by atoms with Gasteiger partial charge in [0.2, 0.25) is 0 Å². The van der Waals surface area contributed by atoms with E-state index in [0.717, 1.165) is 18.7 Å².